The maximum atomic E-state index is 12.5. The Morgan fingerprint density at radius 1 is 1.25 bits per heavy atom. The van der Waals surface area contributed by atoms with Gasteiger partial charge in [-0.2, -0.15) is 0 Å². The van der Waals surface area contributed by atoms with Gasteiger partial charge in [0.2, 0.25) is 5.91 Å². The van der Waals surface area contributed by atoms with Crippen LogP contribution in [-0.2, 0) is 16.0 Å². The van der Waals surface area contributed by atoms with Gasteiger partial charge in [-0.15, -0.1) is 11.3 Å². The van der Waals surface area contributed by atoms with Crippen molar-refractivity contribution in [1.29, 1.82) is 0 Å². The Labute approximate surface area is 145 Å². The highest BCUT2D eigenvalue weighted by Gasteiger charge is 2.39. The molecule has 0 bridgehead atoms. The van der Waals surface area contributed by atoms with E-state index in [1.165, 1.54) is 9.78 Å². The van der Waals surface area contributed by atoms with Crippen molar-refractivity contribution in [2.75, 3.05) is 18.1 Å². The number of rotatable bonds is 7. The highest BCUT2D eigenvalue weighted by molar-refractivity contribution is 7.09. The van der Waals surface area contributed by atoms with E-state index in [1.54, 1.807) is 35.6 Å². The highest BCUT2D eigenvalue weighted by atomic mass is 32.1. The molecule has 1 aromatic carbocycles. The second-order valence-corrected chi connectivity index (χ2v) is 6.57. The topological polar surface area (TPSA) is 58.6 Å². The smallest absolute Gasteiger partial charge is 0.251 e. The first-order chi connectivity index (χ1) is 11.7. The molecule has 1 saturated heterocycles. The zero-order valence-corrected chi connectivity index (χ0v) is 14.3. The van der Waals surface area contributed by atoms with Gasteiger partial charge >= 0.3 is 0 Å². The summed E-state index contributed by atoms with van der Waals surface area (Å²) in [6.07, 6.45) is 1.06. The third-order valence-electron chi connectivity index (χ3n) is 3.89. The summed E-state index contributed by atoms with van der Waals surface area (Å²) in [5, 5.41) is 5.24. The third kappa shape index (κ3) is 3.66. The van der Waals surface area contributed by atoms with Crippen LogP contribution in [0, 0.1) is 0 Å². The Balaban J connectivity index is 1.60. The average Bonchev–Trinajstić information content (AvgIpc) is 3.18. The first-order valence-electron chi connectivity index (χ1n) is 8.04. The first kappa shape index (κ1) is 16.7. The number of hydrogen-bond donors (Lipinski definition) is 1. The summed E-state index contributed by atoms with van der Waals surface area (Å²) in [5.74, 6) is 0.374. The van der Waals surface area contributed by atoms with Crippen LogP contribution in [0.25, 0.3) is 0 Å². The number of benzene rings is 1. The molecule has 1 aromatic heterocycles. The molecule has 1 N–H and O–H groups in total. The predicted molar refractivity (Wildman–Crippen MR) is 94.5 cm³/mol. The summed E-state index contributed by atoms with van der Waals surface area (Å²) in [6, 6.07) is 10.7. The first-order valence-corrected chi connectivity index (χ1v) is 8.92. The van der Waals surface area contributed by atoms with Gasteiger partial charge in [0.15, 0.2) is 0 Å². The standard InChI is InChI=1S/C18H20N2O3S/c1-2-23-14-7-5-13(6-8-14)20-17(21)12-16(18(20)22)19-10-9-15-4-3-11-24-15/h3-8,11,16,19H,2,9-10,12H2,1H3. The number of anilines is 1. The molecule has 0 spiro atoms. The van der Waals surface area contributed by atoms with Crippen molar-refractivity contribution in [3.8, 4) is 5.75 Å². The molecule has 2 amide bonds. The molecule has 0 saturated carbocycles. The number of ether oxygens (including phenoxy) is 1. The SMILES string of the molecule is CCOc1ccc(N2C(=O)CC(NCCc3cccs3)C2=O)cc1. The summed E-state index contributed by atoms with van der Waals surface area (Å²) in [4.78, 5) is 27.3. The number of imide groups is 1. The van der Waals surface area contributed by atoms with E-state index in [9.17, 15) is 9.59 Å². The van der Waals surface area contributed by atoms with Gasteiger partial charge in [0.25, 0.3) is 5.91 Å². The second-order valence-electron chi connectivity index (χ2n) is 5.53. The normalized spacial score (nSPS) is 17.5. The van der Waals surface area contributed by atoms with E-state index in [2.05, 4.69) is 11.4 Å². The molecule has 1 aliphatic heterocycles. The van der Waals surface area contributed by atoms with Crippen LogP contribution in [0.5, 0.6) is 5.75 Å². The fourth-order valence-corrected chi connectivity index (χ4v) is 3.45. The lowest BCUT2D eigenvalue weighted by Gasteiger charge is -2.16. The Kier molecular flexibility index (Phi) is 5.27. The summed E-state index contributed by atoms with van der Waals surface area (Å²) >= 11 is 1.70. The maximum absolute atomic E-state index is 12.5. The van der Waals surface area contributed by atoms with Crippen molar-refractivity contribution in [2.24, 2.45) is 0 Å². The van der Waals surface area contributed by atoms with Gasteiger partial charge < -0.3 is 10.1 Å². The quantitative estimate of drug-likeness (QED) is 0.785. The Hall–Kier alpha value is -2.18. The zero-order valence-electron chi connectivity index (χ0n) is 13.5. The minimum Gasteiger partial charge on any atom is -0.494 e. The van der Waals surface area contributed by atoms with E-state index in [-0.39, 0.29) is 18.2 Å². The van der Waals surface area contributed by atoms with Crippen molar-refractivity contribution >= 4 is 28.8 Å². The van der Waals surface area contributed by atoms with Gasteiger partial charge in [-0.25, -0.2) is 4.90 Å². The van der Waals surface area contributed by atoms with E-state index in [0.717, 1.165) is 12.2 Å². The van der Waals surface area contributed by atoms with Crippen molar-refractivity contribution in [3.05, 3.63) is 46.7 Å². The fraction of sp³-hybridized carbons (Fsp3) is 0.333. The van der Waals surface area contributed by atoms with Crippen LogP contribution >= 0.6 is 11.3 Å². The number of nitrogens with one attached hydrogen (secondary N) is 1. The molecular weight excluding hydrogens is 324 g/mol. The zero-order chi connectivity index (χ0) is 16.9. The van der Waals surface area contributed by atoms with Crippen LogP contribution in [0.15, 0.2) is 41.8 Å². The van der Waals surface area contributed by atoms with E-state index in [0.29, 0.717) is 18.8 Å². The summed E-state index contributed by atoms with van der Waals surface area (Å²) in [6.45, 7) is 3.17. The Bertz CT molecular complexity index is 698. The van der Waals surface area contributed by atoms with E-state index in [1.807, 2.05) is 18.4 Å². The minimum absolute atomic E-state index is 0.169. The number of carbonyl (C=O) groups is 2. The van der Waals surface area contributed by atoms with Crippen molar-refractivity contribution in [3.63, 3.8) is 0 Å². The van der Waals surface area contributed by atoms with Gasteiger partial charge in [-0.3, -0.25) is 9.59 Å². The molecule has 1 atom stereocenters. The van der Waals surface area contributed by atoms with E-state index in [4.69, 9.17) is 4.74 Å². The Morgan fingerprint density at radius 3 is 2.71 bits per heavy atom. The molecule has 2 heterocycles. The summed E-state index contributed by atoms with van der Waals surface area (Å²) in [7, 11) is 0. The van der Waals surface area contributed by atoms with E-state index >= 15 is 0 Å². The van der Waals surface area contributed by atoms with Crippen molar-refractivity contribution in [1.82, 2.24) is 5.32 Å². The summed E-state index contributed by atoms with van der Waals surface area (Å²) < 4.78 is 5.39. The number of carbonyl (C=O) groups excluding carboxylic acids is 2. The second kappa shape index (κ2) is 7.59. The van der Waals surface area contributed by atoms with Crippen LogP contribution in [0.3, 0.4) is 0 Å². The van der Waals surface area contributed by atoms with Gasteiger partial charge in [0.1, 0.15) is 5.75 Å². The number of hydrogen-bond acceptors (Lipinski definition) is 5. The predicted octanol–water partition coefficient (Wildman–Crippen LogP) is 2.61. The van der Waals surface area contributed by atoms with Gasteiger partial charge in [0, 0.05) is 11.4 Å². The van der Waals surface area contributed by atoms with Crippen LogP contribution in [0.2, 0.25) is 0 Å². The molecule has 1 aliphatic rings. The number of thiophene rings is 1. The van der Waals surface area contributed by atoms with Crippen LogP contribution in [-0.4, -0.2) is 31.0 Å². The molecule has 1 unspecified atom stereocenters. The lowest BCUT2D eigenvalue weighted by Crippen LogP contribution is -2.39. The summed E-state index contributed by atoms with van der Waals surface area (Å²) in [5.41, 5.74) is 0.594. The van der Waals surface area contributed by atoms with Crippen LogP contribution in [0.4, 0.5) is 5.69 Å². The van der Waals surface area contributed by atoms with Gasteiger partial charge in [-0.1, -0.05) is 6.07 Å². The molecule has 24 heavy (non-hydrogen) atoms. The van der Waals surface area contributed by atoms with Crippen molar-refractivity contribution < 1.29 is 14.3 Å². The molecular formula is C18H20N2O3S. The molecule has 126 valence electrons. The average molecular weight is 344 g/mol. The number of amides is 2. The van der Waals surface area contributed by atoms with Crippen LogP contribution in [0.1, 0.15) is 18.2 Å². The maximum Gasteiger partial charge on any atom is 0.251 e. The molecule has 2 aromatic rings. The van der Waals surface area contributed by atoms with Crippen molar-refractivity contribution in [2.45, 2.75) is 25.8 Å². The lowest BCUT2D eigenvalue weighted by molar-refractivity contribution is -0.121. The van der Waals surface area contributed by atoms with Gasteiger partial charge in [-0.05, 0) is 49.1 Å². The monoisotopic (exact) mass is 344 g/mol. The van der Waals surface area contributed by atoms with Crippen LogP contribution < -0.4 is 15.0 Å². The molecule has 6 heteroatoms. The molecule has 3 rings (SSSR count). The highest BCUT2D eigenvalue weighted by Crippen LogP contribution is 2.25. The molecule has 0 radical (unpaired) electrons. The Morgan fingerprint density at radius 2 is 2.04 bits per heavy atom. The number of nitrogens with zero attached hydrogens (tertiary/aromatic N) is 1. The minimum atomic E-state index is -0.441. The molecule has 5 nitrogen and oxygen atoms in total. The van der Waals surface area contributed by atoms with E-state index < -0.39 is 6.04 Å². The molecule has 1 fully saturated rings. The third-order valence-corrected chi connectivity index (χ3v) is 4.83. The lowest BCUT2D eigenvalue weighted by atomic mass is 10.2. The molecule has 0 aliphatic carbocycles. The van der Waals surface area contributed by atoms with Gasteiger partial charge in [0.05, 0.1) is 24.8 Å². The fourth-order valence-electron chi connectivity index (χ4n) is 2.75. The largest absolute Gasteiger partial charge is 0.494 e.